The first-order valence-electron chi connectivity index (χ1n) is 7.30. The Hall–Kier alpha value is -1.56. The number of benzene rings is 1. The summed E-state index contributed by atoms with van der Waals surface area (Å²) in [6, 6.07) is 9.52. The van der Waals surface area contributed by atoms with Crippen LogP contribution in [0.5, 0.6) is 0 Å². The second-order valence-corrected chi connectivity index (χ2v) is 7.37. The van der Waals surface area contributed by atoms with E-state index >= 15 is 0 Å². The minimum atomic E-state index is -0.0816. The lowest BCUT2D eigenvalue weighted by molar-refractivity contribution is 0.626. The van der Waals surface area contributed by atoms with Crippen molar-refractivity contribution in [3.63, 3.8) is 0 Å². The van der Waals surface area contributed by atoms with Gasteiger partial charge in [0.1, 0.15) is 0 Å². The number of nitrogens with zero attached hydrogens (tertiary/aromatic N) is 3. The van der Waals surface area contributed by atoms with Gasteiger partial charge in [-0.2, -0.15) is 0 Å². The molecule has 23 heavy (non-hydrogen) atoms. The molecule has 4 rings (SSSR count). The van der Waals surface area contributed by atoms with E-state index in [-0.39, 0.29) is 11.7 Å². The molecule has 1 fully saturated rings. The fraction of sp³-hybridized carbons (Fsp3) is 0.250. The second-order valence-electron chi connectivity index (χ2n) is 5.58. The van der Waals surface area contributed by atoms with Crippen molar-refractivity contribution in [1.29, 1.82) is 0 Å². The Balaban J connectivity index is 1.77. The van der Waals surface area contributed by atoms with Crippen molar-refractivity contribution in [2.75, 3.05) is 0 Å². The maximum absolute atomic E-state index is 12.7. The van der Waals surface area contributed by atoms with Gasteiger partial charge in [0.25, 0.3) is 0 Å². The van der Waals surface area contributed by atoms with E-state index in [9.17, 15) is 4.79 Å². The summed E-state index contributed by atoms with van der Waals surface area (Å²) < 4.78 is 3.30. The predicted molar refractivity (Wildman–Crippen MR) is 93.6 cm³/mol. The Morgan fingerprint density at radius 2 is 2.09 bits per heavy atom. The summed E-state index contributed by atoms with van der Waals surface area (Å²) in [5, 5.41) is 7.67. The molecular formula is C16H13Cl2N3OS. The molecule has 0 bridgehead atoms. The van der Waals surface area contributed by atoms with Crippen molar-refractivity contribution in [3.05, 3.63) is 61.8 Å². The third kappa shape index (κ3) is 2.84. The fourth-order valence-corrected chi connectivity index (χ4v) is 3.74. The topological polar surface area (TPSA) is 39.8 Å². The van der Waals surface area contributed by atoms with E-state index in [1.54, 1.807) is 23.5 Å². The first kappa shape index (κ1) is 15.0. The largest absolute Gasteiger partial charge is 0.346 e. The van der Waals surface area contributed by atoms with Crippen LogP contribution in [0, 0.1) is 0 Å². The SMILES string of the molecule is O=c1n(Cc2ccc(Cl)cc2Cl)nc(-c2cccs2)n1C1CC1. The maximum Gasteiger partial charge on any atom is 0.346 e. The summed E-state index contributed by atoms with van der Waals surface area (Å²) in [7, 11) is 0. The van der Waals surface area contributed by atoms with E-state index in [1.807, 2.05) is 28.1 Å². The van der Waals surface area contributed by atoms with E-state index in [0.29, 0.717) is 16.6 Å². The smallest absolute Gasteiger partial charge is 0.271 e. The Labute approximate surface area is 146 Å². The van der Waals surface area contributed by atoms with Crippen molar-refractivity contribution in [1.82, 2.24) is 14.3 Å². The number of hydrogen-bond acceptors (Lipinski definition) is 3. The Morgan fingerprint density at radius 1 is 1.26 bits per heavy atom. The Morgan fingerprint density at radius 3 is 2.74 bits per heavy atom. The van der Waals surface area contributed by atoms with Crippen LogP contribution in [0.15, 0.2) is 40.5 Å². The van der Waals surface area contributed by atoms with Gasteiger partial charge in [0.2, 0.25) is 0 Å². The summed E-state index contributed by atoms with van der Waals surface area (Å²) in [6.07, 6.45) is 2.07. The molecule has 1 aliphatic rings. The molecule has 1 aliphatic carbocycles. The number of aromatic nitrogens is 3. The highest BCUT2D eigenvalue weighted by Gasteiger charge is 2.30. The fourth-order valence-electron chi connectivity index (χ4n) is 2.57. The first-order valence-corrected chi connectivity index (χ1v) is 8.94. The monoisotopic (exact) mass is 365 g/mol. The van der Waals surface area contributed by atoms with Crippen LogP contribution >= 0.6 is 34.5 Å². The molecule has 0 aliphatic heterocycles. The van der Waals surface area contributed by atoms with Crippen molar-refractivity contribution in [2.24, 2.45) is 0 Å². The van der Waals surface area contributed by atoms with Crippen LogP contribution in [0.1, 0.15) is 24.4 Å². The molecule has 1 aromatic carbocycles. The van der Waals surface area contributed by atoms with Gasteiger partial charge in [-0.3, -0.25) is 4.57 Å². The van der Waals surface area contributed by atoms with Gasteiger partial charge in [0.05, 0.1) is 11.4 Å². The van der Waals surface area contributed by atoms with Crippen molar-refractivity contribution in [2.45, 2.75) is 25.4 Å². The van der Waals surface area contributed by atoms with Gasteiger partial charge in [-0.25, -0.2) is 9.48 Å². The maximum atomic E-state index is 12.7. The number of hydrogen-bond donors (Lipinski definition) is 0. The lowest BCUT2D eigenvalue weighted by Crippen LogP contribution is -2.25. The first-order chi connectivity index (χ1) is 11.1. The van der Waals surface area contributed by atoms with Gasteiger partial charge in [0, 0.05) is 16.1 Å². The van der Waals surface area contributed by atoms with Gasteiger partial charge in [-0.15, -0.1) is 16.4 Å². The van der Waals surface area contributed by atoms with E-state index in [2.05, 4.69) is 5.10 Å². The van der Waals surface area contributed by atoms with Crippen molar-refractivity contribution in [3.8, 4) is 10.7 Å². The van der Waals surface area contributed by atoms with Gasteiger partial charge in [-0.05, 0) is 42.0 Å². The van der Waals surface area contributed by atoms with E-state index in [1.165, 1.54) is 4.68 Å². The third-order valence-corrected chi connectivity index (χ3v) is 5.31. The number of halogens is 2. The predicted octanol–water partition coefficient (Wildman–Crippen LogP) is 4.46. The number of rotatable bonds is 4. The van der Waals surface area contributed by atoms with Crippen LogP contribution in [0.2, 0.25) is 10.0 Å². The highest BCUT2D eigenvalue weighted by molar-refractivity contribution is 7.13. The molecule has 1 saturated carbocycles. The highest BCUT2D eigenvalue weighted by atomic mass is 35.5. The molecule has 0 unspecified atom stereocenters. The molecule has 2 heterocycles. The molecule has 0 spiro atoms. The van der Waals surface area contributed by atoms with Crippen LogP contribution in [-0.4, -0.2) is 14.3 Å². The van der Waals surface area contributed by atoms with Crippen LogP contribution in [-0.2, 0) is 6.54 Å². The molecule has 118 valence electrons. The highest BCUT2D eigenvalue weighted by Crippen LogP contribution is 2.37. The lowest BCUT2D eigenvalue weighted by atomic mass is 10.2. The molecule has 0 radical (unpaired) electrons. The average molecular weight is 366 g/mol. The molecule has 3 aromatic rings. The second kappa shape index (κ2) is 5.82. The van der Waals surface area contributed by atoms with E-state index in [4.69, 9.17) is 23.2 Å². The number of thiophene rings is 1. The zero-order valence-electron chi connectivity index (χ0n) is 12.1. The summed E-state index contributed by atoms with van der Waals surface area (Å²) >= 11 is 13.7. The molecule has 0 saturated heterocycles. The zero-order valence-corrected chi connectivity index (χ0v) is 14.4. The molecule has 0 amide bonds. The summed E-state index contributed by atoms with van der Waals surface area (Å²) in [5.41, 5.74) is 0.748. The average Bonchev–Trinajstić information content (AvgIpc) is 3.09. The normalized spacial score (nSPS) is 14.3. The molecule has 2 aromatic heterocycles. The van der Waals surface area contributed by atoms with Gasteiger partial charge in [-0.1, -0.05) is 35.3 Å². The minimum Gasteiger partial charge on any atom is -0.271 e. The lowest BCUT2D eigenvalue weighted by Gasteiger charge is -2.03. The van der Waals surface area contributed by atoms with Gasteiger partial charge < -0.3 is 0 Å². The van der Waals surface area contributed by atoms with Gasteiger partial charge >= 0.3 is 5.69 Å². The van der Waals surface area contributed by atoms with E-state index < -0.39 is 0 Å². The molecular weight excluding hydrogens is 353 g/mol. The van der Waals surface area contributed by atoms with Crippen molar-refractivity contribution >= 4 is 34.5 Å². The quantitative estimate of drug-likeness (QED) is 0.684. The molecule has 7 heteroatoms. The van der Waals surface area contributed by atoms with Crippen LogP contribution < -0.4 is 5.69 Å². The zero-order chi connectivity index (χ0) is 16.0. The van der Waals surface area contributed by atoms with E-state index in [0.717, 1.165) is 29.1 Å². The standard InChI is InChI=1S/C16H13Cl2N3OS/c17-11-4-3-10(13(18)8-11)9-20-16(22)21(12-5-6-12)15(19-20)14-2-1-7-23-14/h1-4,7-8,12H,5-6,9H2. The summed E-state index contributed by atoms with van der Waals surface area (Å²) in [5.74, 6) is 0.748. The molecule has 0 atom stereocenters. The van der Waals surface area contributed by atoms with Gasteiger partial charge in [0.15, 0.2) is 5.82 Å². The van der Waals surface area contributed by atoms with Crippen LogP contribution in [0.25, 0.3) is 10.7 Å². The molecule has 4 nitrogen and oxygen atoms in total. The Bertz CT molecular complexity index is 910. The third-order valence-electron chi connectivity index (χ3n) is 3.86. The van der Waals surface area contributed by atoms with Crippen LogP contribution in [0.3, 0.4) is 0 Å². The molecule has 0 N–H and O–H groups in total. The summed E-state index contributed by atoms with van der Waals surface area (Å²) in [6.45, 7) is 0.340. The van der Waals surface area contributed by atoms with Crippen LogP contribution in [0.4, 0.5) is 0 Å². The minimum absolute atomic E-state index is 0.0816. The Kier molecular flexibility index (Phi) is 3.79. The summed E-state index contributed by atoms with van der Waals surface area (Å²) in [4.78, 5) is 13.8. The van der Waals surface area contributed by atoms with Crippen molar-refractivity contribution < 1.29 is 0 Å².